The smallest absolute Gasteiger partial charge is 0.269 e. The van der Waals surface area contributed by atoms with Gasteiger partial charge in [0, 0.05) is 23.7 Å². The molecule has 1 unspecified atom stereocenters. The molecule has 0 radical (unpaired) electrons. The van der Waals surface area contributed by atoms with E-state index in [9.17, 15) is 4.79 Å². The van der Waals surface area contributed by atoms with E-state index in [2.05, 4.69) is 10.3 Å². The highest BCUT2D eigenvalue weighted by Crippen LogP contribution is 2.29. The summed E-state index contributed by atoms with van der Waals surface area (Å²) in [7, 11) is 0. The predicted octanol–water partition coefficient (Wildman–Crippen LogP) is 2.86. The number of nitrogens with zero attached hydrogens (tertiary/aromatic N) is 2. The molecule has 0 saturated carbocycles. The van der Waals surface area contributed by atoms with Crippen LogP contribution in [0.4, 0.5) is 0 Å². The zero-order valence-corrected chi connectivity index (χ0v) is 14.8. The summed E-state index contributed by atoms with van der Waals surface area (Å²) >= 11 is 7.66. The quantitative estimate of drug-likeness (QED) is 0.759. The molecule has 3 aromatic rings. The van der Waals surface area contributed by atoms with Gasteiger partial charge in [0.1, 0.15) is 5.69 Å². The molecule has 0 bridgehead atoms. The molecule has 0 spiro atoms. The monoisotopic (exact) mass is 377 g/mol. The maximum atomic E-state index is 12.5. The van der Waals surface area contributed by atoms with Crippen molar-refractivity contribution in [3.05, 3.63) is 46.6 Å². The van der Waals surface area contributed by atoms with E-state index in [0.717, 1.165) is 16.2 Å². The molecule has 1 fully saturated rings. The number of hydrogen-bond donors (Lipinski definition) is 1. The average Bonchev–Trinajstić information content (AvgIpc) is 3.21. The van der Waals surface area contributed by atoms with E-state index in [0.29, 0.717) is 37.1 Å². The number of imidazole rings is 1. The largest absolute Gasteiger partial charge is 0.376 e. The number of amides is 1. The Morgan fingerprint density at radius 1 is 1.40 bits per heavy atom. The lowest BCUT2D eigenvalue weighted by atomic mass is 10.2. The molecule has 1 aromatic carbocycles. The molecule has 6 nitrogen and oxygen atoms in total. The number of carbonyl (C=O) groups excluding carboxylic acids is 1. The van der Waals surface area contributed by atoms with E-state index in [1.165, 1.54) is 11.3 Å². The predicted molar refractivity (Wildman–Crippen MR) is 96.4 cm³/mol. The third kappa shape index (κ3) is 3.41. The van der Waals surface area contributed by atoms with Crippen LogP contribution < -0.4 is 5.32 Å². The number of benzene rings is 1. The van der Waals surface area contributed by atoms with Gasteiger partial charge in [-0.25, -0.2) is 4.98 Å². The number of hydrogen-bond acceptors (Lipinski definition) is 5. The molecule has 1 amide bonds. The second-order valence-electron chi connectivity index (χ2n) is 5.66. The Kier molecular flexibility index (Phi) is 4.72. The first kappa shape index (κ1) is 16.5. The van der Waals surface area contributed by atoms with Crippen LogP contribution in [0.25, 0.3) is 16.2 Å². The van der Waals surface area contributed by atoms with E-state index in [1.807, 2.05) is 30.5 Å². The molecule has 0 aliphatic carbocycles. The number of thiazole rings is 1. The average molecular weight is 378 g/mol. The van der Waals surface area contributed by atoms with Crippen LogP contribution >= 0.6 is 22.9 Å². The summed E-state index contributed by atoms with van der Waals surface area (Å²) in [5, 5.41) is 5.33. The van der Waals surface area contributed by atoms with Gasteiger partial charge in [-0.3, -0.25) is 9.20 Å². The fourth-order valence-electron chi connectivity index (χ4n) is 2.70. The highest BCUT2D eigenvalue weighted by atomic mass is 35.5. The molecule has 1 aliphatic rings. The minimum Gasteiger partial charge on any atom is -0.376 e. The molecule has 8 heteroatoms. The van der Waals surface area contributed by atoms with Crippen molar-refractivity contribution >= 4 is 33.8 Å². The van der Waals surface area contributed by atoms with Crippen molar-refractivity contribution in [2.45, 2.75) is 6.10 Å². The zero-order chi connectivity index (χ0) is 17.2. The summed E-state index contributed by atoms with van der Waals surface area (Å²) in [4.78, 5) is 17.8. The molecular formula is C17H16ClN3O3S. The van der Waals surface area contributed by atoms with Gasteiger partial charge in [-0.05, 0) is 6.07 Å². The van der Waals surface area contributed by atoms with Crippen molar-refractivity contribution < 1.29 is 14.3 Å². The van der Waals surface area contributed by atoms with E-state index in [4.69, 9.17) is 21.1 Å². The van der Waals surface area contributed by atoms with Gasteiger partial charge < -0.3 is 14.8 Å². The summed E-state index contributed by atoms with van der Waals surface area (Å²) in [6, 6.07) is 7.52. The van der Waals surface area contributed by atoms with Crippen LogP contribution in [0.2, 0.25) is 5.02 Å². The molecule has 2 aromatic heterocycles. The first-order chi connectivity index (χ1) is 12.2. The molecule has 4 rings (SSSR count). The van der Waals surface area contributed by atoms with E-state index in [-0.39, 0.29) is 12.0 Å². The van der Waals surface area contributed by atoms with Gasteiger partial charge >= 0.3 is 0 Å². The topological polar surface area (TPSA) is 64.9 Å². The van der Waals surface area contributed by atoms with Gasteiger partial charge in [-0.1, -0.05) is 29.8 Å². The number of aromatic nitrogens is 2. The first-order valence-electron chi connectivity index (χ1n) is 7.91. The van der Waals surface area contributed by atoms with Crippen molar-refractivity contribution in [2.75, 3.05) is 26.4 Å². The second-order valence-corrected chi connectivity index (χ2v) is 6.90. The standard InChI is InChI=1S/C17H16ClN3O3S/c18-13-4-2-1-3-12(13)14-8-21-15(10-25-17(21)20-14)16(22)19-7-11-9-23-5-6-24-11/h1-4,8,10-11H,5-7,9H2,(H,19,22). The van der Waals surface area contributed by atoms with Crippen molar-refractivity contribution in [2.24, 2.45) is 0 Å². The molecule has 1 atom stereocenters. The Balaban J connectivity index is 1.54. The molecule has 1 saturated heterocycles. The summed E-state index contributed by atoms with van der Waals surface area (Å²) in [5.74, 6) is -0.163. The number of nitrogens with one attached hydrogen (secondary N) is 1. The lowest BCUT2D eigenvalue weighted by Crippen LogP contribution is -2.39. The zero-order valence-electron chi connectivity index (χ0n) is 13.3. The van der Waals surface area contributed by atoms with E-state index < -0.39 is 0 Å². The third-order valence-corrected chi connectivity index (χ3v) is 5.14. The third-order valence-electron chi connectivity index (χ3n) is 3.97. The maximum absolute atomic E-state index is 12.5. The van der Waals surface area contributed by atoms with Crippen LogP contribution in [0.15, 0.2) is 35.8 Å². The Bertz CT molecular complexity index is 902. The number of rotatable bonds is 4. The summed E-state index contributed by atoms with van der Waals surface area (Å²) in [6.45, 7) is 2.09. The molecular weight excluding hydrogens is 362 g/mol. The number of carbonyl (C=O) groups is 1. The first-order valence-corrected chi connectivity index (χ1v) is 9.17. The van der Waals surface area contributed by atoms with Gasteiger partial charge in [-0.15, -0.1) is 11.3 Å². The van der Waals surface area contributed by atoms with E-state index >= 15 is 0 Å². The van der Waals surface area contributed by atoms with Crippen molar-refractivity contribution in [1.29, 1.82) is 0 Å². The molecule has 1 N–H and O–H groups in total. The fourth-order valence-corrected chi connectivity index (χ4v) is 3.78. The van der Waals surface area contributed by atoms with Gasteiger partial charge in [-0.2, -0.15) is 0 Å². The lowest BCUT2D eigenvalue weighted by Gasteiger charge is -2.22. The normalized spacial score (nSPS) is 17.7. The fraction of sp³-hybridized carbons (Fsp3) is 0.294. The van der Waals surface area contributed by atoms with Gasteiger partial charge in [0.15, 0.2) is 4.96 Å². The lowest BCUT2D eigenvalue weighted by molar-refractivity contribution is -0.0855. The molecule has 130 valence electrons. The van der Waals surface area contributed by atoms with Gasteiger partial charge in [0.25, 0.3) is 5.91 Å². The Morgan fingerprint density at radius 2 is 2.28 bits per heavy atom. The van der Waals surface area contributed by atoms with Crippen LogP contribution in [0, 0.1) is 0 Å². The number of fused-ring (bicyclic) bond motifs is 1. The Morgan fingerprint density at radius 3 is 3.08 bits per heavy atom. The van der Waals surface area contributed by atoms with Crippen LogP contribution in [-0.2, 0) is 9.47 Å². The van der Waals surface area contributed by atoms with Crippen molar-refractivity contribution in [1.82, 2.24) is 14.7 Å². The summed E-state index contributed by atoms with van der Waals surface area (Å²) < 4.78 is 12.7. The Hall–Kier alpha value is -1.93. The van der Waals surface area contributed by atoms with Gasteiger partial charge in [0.05, 0.1) is 36.6 Å². The van der Waals surface area contributed by atoms with Crippen LogP contribution in [-0.4, -0.2) is 47.8 Å². The van der Waals surface area contributed by atoms with Crippen molar-refractivity contribution in [3.63, 3.8) is 0 Å². The highest BCUT2D eigenvalue weighted by Gasteiger charge is 2.19. The molecule has 3 heterocycles. The second kappa shape index (κ2) is 7.13. The summed E-state index contributed by atoms with van der Waals surface area (Å²) in [6.07, 6.45) is 1.73. The van der Waals surface area contributed by atoms with Crippen LogP contribution in [0.3, 0.4) is 0 Å². The maximum Gasteiger partial charge on any atom is 0.269 e. The van der Waals surface area contributed by atoms with Gasteiger partial charge in [0.2, 0.25) is 0 Å². The minimum absolute atomic E-state index is 0.103. The van der Waals surface area contributed by atoms with Crippen LogP contribution in [0.5, 0.6) is 0 Å². The van der Waals surface area contributed by atoms with E-state index in [1.54, 1.807) is 9.78 Å². The van der Waals surface area contributed by atoms with Crippen LogP contribution in [0.1, 0.15) is 10.5 Å². The highest BCUT2D eigenvalue weighted by molar-refractivity contribution is 7.15. The SMILES string of the molecule is O=C(NCC1COCCO1)c1csc2nc(-c3ccccc3Cl)cn12. The van der Waals surface area contributed by atoms with Crippen molar-refractivity contribution in [3.8, 4) is 11.3 Å². The Labute approximate surface area is 153 Å². The number of ether oxygens (including phenoxy) is 2. The molecule has 25 heavy (non-hydrogen) atoms. The summed E-state index contributed by atoms with van der Waals surface area (Å²) in [5.41, 5.74) is 2.14. The number of halogens is 1. The minimum atomic E-state index is -0.163. The molecule has 1 aliphatic heterocycles.